The Morgan fingerprint density at radius 3 is 2.70 bits per heavy atom. The summed E-state index contributed by atoms with van der Waals surface area (Å²) in [5, 5.41) is 0. The van der Waals surface area contributed by atoms with Gasteiger partial charge in [-0.15, -0.1) is 0 Å². The van der Waals surface area contributed by atoms with Crippen molar-refractivity contribution in [1.82, 2.24) is 0 Å². The number of rotatable bonds is 2. The van der Waals surface area contributed by atoms with Gasteiger partial charge < -0.3 is 9.47 Å². The van der Waals surface area contributed by atoms with E-state index >= 15 is 0 Å². The van der Waals surface area contributed by atoms with Crippen LogP contribution < -0.4 is 0 Å². The van der Waals surface area contributed by atoms with Crippen molar-refractivity contribution < 1.29 is 19.1 Å². The summed E-state index contributed by atoms with van der Waals surface area (Å²) in [6, 6.07) is 7.23. The minimum absolute atomic E-state index is 0.00729. The van der Waals surface area contributed by atoms with Crippen LogP contribution in [0.5, 0.6) is 0 Å². The molecular formula is C16H18O4. The van der Waals surface area contributed by atoms with Gasteiger partial charge in [-0.25, -0.2) is 9.59 Å². The molecule has 2 aliphatic rings. The predicted molar refractivity (Wildman–Crippen MR) is 72.3 cm³/mol. The Hall–Kier alpha value is -1.84. The fourth-order valence-corrected chi connectivity index (χ4v) is 2.89. The zero-order valence-corrected chi connectivity index (χ0v) is 11.3. The highest BCUT2D eigenvalue weighted by molar-refractivity contribution is 5.94. The van der Waals surface area contributed by atoms with Gasteiger partial charge in [-0.1, -0.05) is 24.6 Å². The fourth-order valence-electron chi connectivity index (χ4n) is 2.89. The second-order valence-corrected chi connectivity index (χ2v) is 5.45. The summed E-state index contributed by atoms with van der Waals surface area (Å²) >= 11 is 0. The Balaban J connectivity index is 1.66. The third kappa shape index (κ3) is 2.69. The van der Waals surface area contributed by atoms with Crippen LogP contribution in [-0.2, 0) is 20.7 Å². The molecule has 0 amide bonds. The molecule has 0 aromatic heterocycles. The molecule has 20 heavy (non-hydrogen) atoms. The molecule has 0 bridgehead atoms. The second-order valence-electron chi connectivity index (χ2n) is 5.45. The molecule has 1 aromatic rings. The second kappa shape index (κ2) is 5.65. The van der Waals surface area contributed by atoms with Crippen LogP contribution in [0.25, 0.3) is 0 Å². The Kier molecular flexibility index (Phi) is 3.72. The van der Waals surface area contributed by atoms with E-state index in [1.54, 1.807) is 12.1 Å². The molecule has 0 N–H and O–H groups in total. The highest BCUT2D eigenvalue weighted by Gasteiger charge is 2.33. The van der Waals surface area contributed by atoms with E-state index in [0.717, 1.165) is 31.2 Å². The van der Waals surface area contributed by atoms with E-state index in [4.69, 9.17) is 9.47 Å². The predicted octanol–water partition coefficient (Wildman–Crippen LogP) is 2.64. The molecule has 1 unspecified atom stereocenters. The van der Waals surface area contributed by atoms with E-state index in [9.17, 15) is 9.59 Å². The van der Waals surface area contributed by atoms with Gasteiger partial charge in [0.15, 0.2) is 0 Å². The lowest BCUT2D eigenvalue weighted by molar-refractivity contribution is -0.161. The number of benzene rings is 1. The smallest absolute Gasteiger partial charge is 0.348 e. The molecule has 1 saturated carbocycles. The largest absolute Gasteiger partial charge is 0.460 e. The number of fused-ring (bicyclic) bond motifs is 1. The van der Waals surface area contributed by atoms with Gasteiger partial charge in [0.2, 0.25) is 6.10 Å². The molecule has 3 rings (SSSR count). The summed E-state index contributed by atoms with van der Waals surface area (Å²) in [5.41, 5.74) is 1.41. The van der Waals surface area contributed by atoms with Crippen LogP contribution in [0, 0.1) is 0 Å². The van der Waals surface area contributed by atoms with E-state index in [1.165, 1.54) is 6.42 Å². The standard InChI is InChI=1S/C16H18O4/c17-15-13-9-5-4-6-11(13)10-14(20-15)16(18)19-12-7-2-1-3-8-12/h4-6,9,12,14H,1-3,7-8,10H2. The van der Waals surface area contributed by atoms with Gasteiger partial charge in [-0.2, -0.15) is 0 Å². The molecule has 1 heterocycles. The van der Waals surface area contributed by atoms with E-state index < -0.39 is 18.0 Å². The van der Waals surface area contributed by atoms with E-state index in [-0.39, 0.29) is 6.10 Å². The van der Waals surface area contributed by atoms with Crippen LogP contribution in [0.15, 0.2) is 24.3 Å². The van der Waals surface area contributed by atoms with Crippen molar-refractivity contribution in [2.75, 3.05) is 0 Å². The summed E-state index contributed by atoms with van der Waals surface area (Å²) in [5.74, 6) is -0.836. The number of esters is 2. The first-order chi connectivity index (χ1) is 9.74. The molecular weight excluding hydrogens is 256 g/mol. The molecule has 106 valence electrons. The molecule has 1 aliphatic heterocycles. The third-order valence-electron chi connectivity index (χ3n) is 3.99. The third-order valence-corrected chi connectivity index (χ3v) is 3.99. The molecule has 4 nitrogen and oxygen atoms in total. The molecule has 4 heteroatoms. The molecule has 1 atom stereocenters. The highest BCUT2D eigenvalue weighted by atomic mass is 16.6. The molecule has 0 radical (unpaired) electrons. The van der Waals surface area contributed by atoms with Crippen molar-refractivity contribution in [3.8, 4) is 0 Å². The normalized spacial score (nSPS) is 22.8. The lowest BCUT2D eigenvalue weighted by atomic mass is 9.97. The Morgan fingerprint density at radius 2 is 1.90 bits per heavy atom. The summed E-state index contributed by atoms with van der Waals surface area (Å²) < 4.78 is 10.7. The van der Waals surface area contributed by atoms with Gasteiger partial charge in [0, 0.05) is 6.42 Å². The van der Waals surface area contributed by atoms with Crippen molar-refractivity contribution in [3.63, 3.8) is 0 Å². The number of cyclic esters (lactones) is 1. The quantitative estimate of drug-likeness (QED) is 0.778. The molecule has 1 fully saturated rings. The van der Waals surface area contributed by atoms with E-state index in [2.05, 4.69) is 0 Å². The van der Waals surface area contributed by atoms with Crippen molar-refractivity contribution in [3.05, 3.63) is 35.4 Å². The van der Waals surface area contributed by atoms with Gasteiger partial charge in [0.1, 0.15) is 6.10 Å². The summed E-state index contributed by atoms with van der Waals surface area (Å²) in [7, 11) is 0. The van der Waals surface area contributed by atoms with Crippen LogP contribution >= 0.6 is 0 Å². The topological polar surface area (TPSA) is 52.6 Å². The maximum absolute atomic E-state index is 12.1. The Morgan fingerprint density at radius 1 is 1.15 bits per heavy atom. The maximum atomic E-state index is 12.1. The van der Waals surface area contributed by atoms with E-state index in [0.29, 0.717) is 12.0 Å². The van der Waals surface area contributed by atoms with Crippen molar-refractivity contribution in [2.24, 2.45) is 0 Å². The van der Waals surface area contributed by atoms with Gasteiger partial charge in [-0.3, -0.25) is 0 Å². The van der Waals surface area contributed by atoms with Gasteiger partial charge >= 0.3 is 11.9 Å². The van der Waals surface area contributed by atoms with Crippen LogP contribution in [0.4, 0.5) is 0 Å². The molecule has 1 aliphatic carbocycles. The Labute approximate surface area is 118 Å². The molecule has 1 aromatic carbocycles. The van der Waals surface area contributed by atoms with Crippen molar-refractivity contribution in [2.45, 2.75) is 50.7 Å². The first-order valence-corrected chi connectivity index (χ1v) is 7.23. The maximum Gasteiger partial charge on any atom is 0.348 e. The van der Waals surface area contributed by atoms with Gasteiger partial charge in [0.25, 0.3) is 0 Å². The molecule has 0 saturated heterocycles. The highest BCUT2D eigenvalue weighted by Crippen LogP contribution is 2.24. The number of carbonyl (C=O) groups excluding carboxylic acids is 2. The average molecular weight is 274 g/mol. The number of carbonyl (C=O) groups is 2. The lowest BCUT2D eigenvalue weighted by Crippen LogP contribution is -2.37. The summed E-state index contributed by atoms with van der Waals surface area (Å²) in [6.07, 6.45) is 4.86. The number of hydrogen-bond donors (Lipinski definition) is 0. The van der Waals surface area contributed by atoms with Gasteiger partial charge in [-0.05, 0) is 37.3 Å². The number of ether oxygens (including phenoxy) is 2. The first-order valence-electron chi connectivity index (χ1n) is 7.23. The van der Waals surface area contributed by atoms with Crippen LogP contribution in [0.1, 0.15) is 48.0 Å². The van der Waals surface area contributed by atoms with Crippen LogP contribution in [-0.4, -0.2) is 24.1 Å². The summed E-state index contributed by atoms with van der Waals surface area (Å²) in [6.45, 7) is 0. The number of hydrogen-bond acceptors (Lipinski definition) is 4. The zero-order chi connectivity index (χ0) is 13.9. The monoisotopic (exact) mass is 274 g/mol. The summed E-state index contributed by atoms with van der Waals surface area (Å²) in [4.78, 5) is 24.0. The van der Waals surface area contributed by atoms with Crippen LogP contribution in [0.2, 0.25) is 0 Å². The van der Waals surface area contributed by atoms with Crippen molar-refractivity contribution in [1.29, 1.82) is 0 Å². The average Bonchev–Trinajstić information content (AvgIpc) is 2.48. The van der Waals surface area contributed by atoms with Crippen LogP contribution in [0.3, 0.4) is 0 Å². The minimum Gasteiger partial charge on any atom is -0.460 e. The Bertz CT molecular complexity index is 517. The van der Waals surface area contributed by atoms with Gasteiger partial charge in [0.05, 0.1) is 5.56 Å². The first kappa shape index (κ1) is 13.2. The van der Waals surface area contributed by atoms with Crippen molar-refractivity contribution >= 4 is 11.9 Å². The minimum atomic E-state index is -0.792. The molecule has 0 spiro atoms. The SMILES string of the molecule is O=C1OC(C(=O)OC2CCCCC2)Cc2ccccc21. The fraction of sp³-hybridized carbons (Fsp3) is 0.500. The van der Waals surface area contributed by atoms with E-state index in [1.807, 2.05) is 12.1 Å². The lowest BCUT2D eigenvalue weighted by Gasteiger charge is -2.27. The zero-order valence-electron chi connectivity index (χ0n) is 11.3.